The van der Waals surface area contributed by atoms with Gasteiger partial charge in [-0.1, -0.05) is 87.7 Å². The third-order valence-corrected chi connectivity index (χ3v) is 7.21. The average Bonchev–Trinajstić information content (AvgIpc) is 3.29. The predicted molar refractivity (Wildman–Crippen MR) is 149 cm³/mol. The molecule has 0 N–H and O–H groups in total. The molecule has 1 nitrogen and oxygen atoms in total. The standard InChI is InChI=1S/C33H31N/c1-7-9-14-22(3)23(4)19-24(8-2)34-31-18-13-11-16-26(31)28-20-27-25-15-10-12-17-29(25)33(5,6)30(27)21-32(28)34/h7-21H,2,4H2,1,3,5-6H3. The van der Waals surface area contributed by atoms with Crippen molar-refractivity contribution in [1.29, 1.82) is 0 Å². The molecule has 0 aliphatic heterocycles. The lowest BCUT2D eigenvalue weighted by molar-refractivity contribution is 0.661. The Bertz CT molecular complexity index is 1560. The Morgan fingerprint density at radius 2 is 1.62 bits per heavy atom. The summed E-state index contributed by atoms with van der Waals surface area (Å²) in [6.07, 6.45) is 10.3. The number of hydrogen-bond donors (Lipinski definition) is 0. The van der Waals surface area contributed by atoms with Crippen LogP contribution < -0.4 is 0 Å². The highest BCUT2D eigenvalue weighted by Gasteiger charge is 2.36. The van der Waals surface area contributed by atoms with E-state index in [2.05, 4.69) is 111 Å². The Kier molecular flexibility index (Phi) is 5.29. The van der Waals surface area contributed by atoms with Crippen LogP contribution in [0.1, 0.15) is 38.8 Å². The van der Waals surface area contributed by atoms with Crippen molar-refractivity contribution in [2.75, 3.05) is 0 Å². The predicted octanol–water partition coefficient (Wildman–Crippen LogP) is 9.21. The molecule has 0 unspecified atom stereocenters. The topological polar surface area (TPSA) is 4.93 Å². The second-order valence-electron chi connectivity index (χ2n) is 9.61. The third kappa shape index (κ3) is 3.23. The van der Waals surface area contributed by atoms with Gasteiger partial charge in [-0.3, -0.25) is 0 Å². The van der Waals surface area contributed by atoms with Gasteiger partial charge in [0.1, 0.15) is 0 Å². The summed E-state index contributed by atoms with van der Waals surface area (Å²) in [5, 5.41) is 2.52. The van der Waals surface area contributed by atoms with E-state index in [9.17, 15) is 0 Å². The fourth-order valence-electron chi connectivity index (χ4n) is 5.30. The van der Waals surface area contributed by atoms with Crippen molar-refractivity contribution in [1.82, 2.24) is 4.57 Å². The minimum atomic E-state index is -0.0468. The summed E-state index contributed by atoms with van der Waals surface area (Å²) in [7, 11) is 0. The molecule has 0 saturated carbocycles. The van der Waals surface area contributed by atoms with Gasteiger partial charge in [0.05, 0.1) is 11.0 Å². The number of hydrogen-bond acceptors (Lipinski definition) is 0. The van der Waals surface area contributed by atoms with E-state index in [-0.39, 0.29) is 5.41 Å². The fraction of sp³-hybridized carbons (Fsp3) is 0.152. The summed E-state index contributed by atoms with van der Waals surface area (Å²) in [6.45, 7) is 17.3. The molecule has 0 radical (unpaired) electrons. The van der Waals surface area contributed by atoms with Crippen LogP contribution in [0.3, 0.4) is 0 Å². The second kappa shape index (κ2) is 8.18. The van der Waals surface area contributed by atoms with Gasteiger partial charge in [0.15, 0.2) is 0 Å². The monoisotopic (exact) mass is 441 g/mol. The van der Waals surface area contributed by atoms with Crippen molar-refractivity contribution in [2.45, 2.75) is 33.1 Å². The van der Waals surface area contributed by atoms with E-state index in [4.69, 9.17) is 0 Å². The van der Waals surface area contributed by atoms with Crippen molar-refractivity contribution in [3.8, 4) is 11.1 Å². The zero-order valence-electron chi connectivity index (χ0n) is 20.5. The van der Waals surface area contributed by atoms with E-state index in [1.165, 1.54) is 44.1 Å². The number of rotatable bonds is 5. The molecule has 0 fully saturated rings. The highest BCUT2D eigenvalue weighted by Crippen LogP contribution is 2.50. The molecule has 1 aliphatic carbocycles. The lowest BCUT2D eigenvalue weighted by Gasteiger charge is -2.21. The summed E-state index contributed by atoms with van der Waals surface area (Å²) in [5.41, 5.74) is 10.9. The Hall–Kier alpha value is -3.84. The molecule has 168 valence electrons. The zero-order valence-corrected chi connectivity index (χ0v) is 20.5. The maximum Gasteiger partial charge on any atom is 0.0544 e. The number of nitrogens with zero attached hydrogens (tertiary/aromatic N) is 1. The first-order chi connectivity index (χ1) is 16.4. The first-order valence-corrected chi connectivity index (χ1v) is 11.9. The van der Waals surface area contributed by atoms with E-state index >= 15 is 0 Å². The summed E-state index contributed by atoms with van der Waals surface area (Å²) >= 11 is 0. The normalized spacial score (nSPS) is 15.2. The molecule has 1 aromatic heterocycles. The number of aromatic nitrogens is 1. The van der Waals surface area contributed by atoms with Crippen LogP contribution in [0.15, 0.2) is 115 Å². The number of fused-ring (bicyclic) bond motifs is 6. The second-order valence-corrected chi connectivity index (χ2v) is 9.61. The van der Waals surface area contributed by atoms with Crippen molar-refractivity contribution < 1.29 is 0 Å². The van der Waals surface area contributed by atoms with E-state index in [0.29, 0.717) is 0 Å². The molecule has 0 amide bonds. The van der Waals surface area contributed by atoms with Gasteiger partial charge in [-0.25, -0.2) is 0 Å². The molecule has 34 heavy (non-hydrogen) atoms. The molecule has 0 saturated heterocycles. The van der Waals surface area contributed by atoms with Gasteiger partial charge in [0, 0.05) is 21.9 Å². The van der Waals surface area contributed by atoms with E-state index < -0.39 is 0 Å². The zero-order chi connectivity index (χ0) is 24.0. The highest BCUT2D eigenvalue weighted by atomic mass is 15.0. The van der Waals surface area contributed by atoms with E-state index in [0.717, 1.165) is 16.8 Å². The van der Waals surface area contributed by atoms with Crippen LogP contribution in [0.5, 0.6) is 0 Å². The maximum absolute atomic E-state index is 4.33. The van der Waals surface area contributed by atoms with Crippen molar-refractivity contribution in [3.63, 3.8) is 0 Å². The first-order valence-electron chi connectivity index (χ1n) is 11.9. The van der Waals surface area contributed by atoms with Crippen molar-refractivity contribution in [2.24, 2.45) is 0 Å². The molecule has 1 aliphatic rings. The molecular weight excluding hydrogens is 410 g/mol. The van der Waals surface area contributed by atoms with Gasteiger partial charge in [-0.05, 0) is 77.6 Å². The van der Waals surface area contributed by atoms with Crippen LogP contribution in [0.2, 0.25) is 0 Å². The average molecular weight is 442 g/mol. The van der Waals surface area contributed by atoms with Crippen molar-refractivity contribution in [3.05, 3.63) is 126 Å². The van der Waals surface area contributed by atoms with Gasteiger partial charge in [-0.2, -0.15) is 0 Å². The Labute approximate surface area is 202 Å². The van der Waals surface area contributed by atoms with Crippen molar-refractivity contribution >= 4 is 27.5 Å². The Morgan fingerprint density at radius 1 is 0.882 bits per heavy atom. The van der Waals surface area contributed by atoms with Gasteiger partial charge in [0.25, 0.3) is 0 Å². The summed E-state index contributed by atoms with van der Waals surface area (Å²) in [4.78, 5) is 0. The first kappa shape index (κ1) is 22.0. The minimum Gasteiger partial charge on any atom is -0.309 e. The molecule has 3 aromatic carbocycles. The van der Waals surface area contributed by atoms with Gasteiger partial charge in [-0.15, -0.1) is 0 Å². The van der Waals surface area contributed by atoms with Crippen LogP contribution in [-0.2, 0) is 5.41 Å². The number of allylic oxidation sites excluding steroid dienone is 8. The SMILES string of the molecule is C=CC(=CC(=C)C(C)=CC=CC)n1c2ccccc2c2cc3c(cc21)C(C)(C)c1ccccc1-3. The Morgan fingerprint density at radius 3 is 2.38 bits per heavy atom. The summed E-state index contributed by atoms with van der Waals surface area (Å²) in [5.74, 6) is 0. The largest absolute Gasteiger partial charge is 0.309 e. The lowest BCUT2D eigenvalue weighted by atomic mass is 9.82. The Balaban J connectivity index is 1.81. The number of benzene rings is 3. The number of para-hydroxylation sites is 1. The lowest BCUT2D eigenvalue weighted by Crippen LogP contribution is -2.15. The molecule has 0 spiro atoms. The van der Waals surface area contributed by atoms with E-state index in [1.54, 1.807) is 0 Å². The van der Waals surface area contributed by atoms with Crippen LogP contribution in [0, 0.1) is 0 Å². The molecule has 5 rings (SSSR count). The van der Waals surface area contributed by atoms with E-state index in [1.807, 2.05) is 25.2 Å². The summed E-state index contributed by atoms with van der Waals surface area (Å²) in [6, 6.07) is 22.3. The van der Waals surface area contributed by atoms with Gasteiger partial charge >= 0.3 is 0 Å². The molecule has 4 aromatic rings. The molecule has 0 atom stereocenters. The minimum absolute atomic E-state index is 0.0468. The molecule has 1 heteroatoms. The maximum atomic E-state index is 4.33. The molecule has 0 bridgehead atoms. The van der Waals surface area contributed by atoms with Gasteiger partial charge < -0.3 is 4.57 Å². The summed E-state index contributed by atoms with van der Waals surface area (Å²) < 4.78 is 2.34. The third-order valence-electron chi connectivity index (χ3n) is 7.21. The smallest absolute Gasteiger partial charge is 0.0544 e. The fourth-order valence-corrected chi connectivity index (χ4v) is 5.30. The van der Waals surface area contributed by atoms with Crippen LogP contribution >= 0.6 is 0 Å². The molecule has 1 heterocycles. The van der Waals surface area contributed by atoms with Gasteiger partial charge in [0.2, 0.25) is 0 Å². The quantitative estimate of drug-likeness (QED) is 0.272. The van der Waals surface area contributed by atoms with Crippen LogP contribution in [0.4, 0.5) is 0 Å². The van der Waals surface area contributed by atoms with Crippen LogP contribution in [0.25, 0.3) is 38.6 Å². The highest BCUT2D eigenvalue weighted by molar-refractivity contribution is 6.12. The van der Waals surface area contributed by atoms with Crippen LogP contribution in [-0.4, -0.2) is 4.57 Å². The molecular formula is C33H31N.